The fraction of sp³-hybridized carbons (Fsp3) is 0.400. The molecule has 1 saturated heterocycles. The summed E-state index contributed by atoms with van der Waals surface area (Å²) in [5, 5.41) is 9.77. The third kappa shape index (κ3) is 6.65. The highest BCUT2D eigenvalue weighted by Gasteiger charge is 2.15. The van der Waals surface area contributed by atoms with E-state index in [-0.39, 0.29) is 0 Å². The first-order chi connectivity index (χ1) is 17.9. The molecule has 0 spiro atoms. The van der Waals surface area contributed by atoms with Crippen LogP contribution in [0, 0.1) is 0 Å². The maximum atomic E-state index is 4.46. The van der Waals surface area contributed by atoms with Crippen LogP contribution in [0.3, 0.4) is 0 Å². The number of rotatable bonds is 12. The zero-order chi connectivity index (χ0) is 24.4. The van der Waals surface area contributed by atoms with Gasteiger partial charge >= 0.3 is 0 Å². The van der Waals surface area contributed by atoms with Gasteiger partial charge in [-0.25, -0.2) is 0 Å². The lowest BCUT2D eigenvalue weighted by Crippen LogP contribution is -2.47. The molecule has 0 aliphatic carbocycles. The van der Waals surface area contributed by atoms with E-state index in [4.69, 9.17) is 0 Å². The van der Waals surface area contributed by atoms with Crippen molar-refractivity contribution >= 4 is 21.8 Å². The number of pyridine rings is 2. The molecule has 5 rings (SSSR count). The van der Waals surface area contributed by atoms with Crippen molar-refractivity contribution in [2.75, 3.05) is 52.4 Å². The first kappa shape index (κ1) is 24.8. The number of piperazine rings is 1. The monoisotopic (exact) mass is 482 g/mol. The molecule has 6 heteroatoms. The highest BCUT2D eigenvalue weighted by Crippen LogP contribution is 2.17. The van der Waals surface area contributed by atoms with Crippen molar-refractivity contribution in [1.29, 1.82) is 0 Å². The van der Waals surface area contributed by atoms with Gasteiger partial charge in [-0.1, -0.05) is 36.4 Å². The number of aromatic nitrogens is 2. The Labute approximate surface area is 214 Å². The largest absolute Gasteiger partial charge is 0.313 e. The van der Waals surface area contributed by atoms with Crippen LogP contribution in [0.1, 0.15) is 24.0 Å². The molecule has 1 fully saturated rings. The molecule has 1 aliphatic heterocycles. The van der Waals surface area contributed by atoms with Crippen LogP contribution in [-0.2, 0) is 13.1 Å². The van der Waals surface area contributed by atoms with Crippen molar-refractivity contribution in [2.24, 2.45) is 0 Å². The molecule has 3 heterocycles. The summed E-state index contributed by atoms with van der Waals surface area (Å²) < 4.78 is 0. The van der Waals surface area contributed by atoms with E-state index in [0.29, 0.717) is 0 Å². The van der Waals surface area contributed by atoms with E-state index < -0.39 is 0 Å². The van der Waals surface area contributed by atoms with E-state index in [9.17, 15) is 0 Å². The van der Waals surface area contributed by atoms with E-state index in [1.54, 1.807) is 0 Å². The normalized spacial score (nSPS) is 15.1. The third-order valence-corrected chi connectivity index (χ3v) is 7.23. The Morgan fingerprint density at radius 1 is 0.583 bits per heavy atom. The molecule has 36 heavy (non-hydrogen) atoms. The molecule has 0 unspecified atom stereocenters. The van der Waals surface area contributed by atoms with E-state index in [1.807, 2.05) is 12.4 Å². The zero-order valence-electron chi connectivity index (χ0n) is 21.2. The molecular formula is C30H38N6. The molecule has 1 aliphatic rings. The number of nitrogens with zero attached hydrogens (tertiary/aromatic N) is 4. The van der Waals surface area contributed by atoms with Gasteiger partial charge in [0.1, 0.15) is 0 Å². The van der Waals surface area contributed by atoms with Crippen LogP contribution >= 0.6 is 0 Å². The minimum atomic E-state index is 0.905. The zero-order valence-corrected chi connectivity index (χ0v) is 21.2. The van der Waals surface area contributed by atoms with Crippen LogP contribution < -0.4 is 10.6 Å². The lowest BCUT2D eigenvalue weighted by atomic mass is 10.1. The summed E-state index contributed by atoms with van der Waals surface area (Å²) in [6.07, 6.45) is 6.21. The number of hydrogen-bond donors (Lipinski definition) is 2. The van der Waals surface area contributed by atoms with Gasteiger partial charge in [-0.15, -0.1) is 0 Å². The van der Waals surface area contributed by atoms with Crippen LogP contribution in [0.5, 0.6) is 0 Å². The van der Waals surface area contributed by atoms with Gasteiger partial charge in [0.05, 0.1) is 11.0 Å². The van der Waals surface area contributed by atoms with Gasteiger partial charge in [0.2, 0.25) is 0 Å². The average molecular weight is 483 g/mol. The van der Waals surface area contributed by atoms with Gasteiger partial charge < -0.3 is 20.4 Å². The van der Waals surface area contributed by atoms with E-state index >= 15 is 0 Å². The maximum Gasteiger partial charge on any atom is 0.0705 e. The Morgan fingerprint density at radius 3 is 1.50 bits per heavy atom. The fourth-order valence-electron chi connectivity index (χ4n) is 5.16. The number of benzene rings is 2. The number of hydrogen-bond acceptors (Lipinski definition) is 6. The lowest BCUT2D eigenvalue weighted by molar-refractivity contribution is 0.130. The maximum absolute atomic E-state index is 4.46. The minimum absolute atomic E-state index is 0.905. The Hall–Kier alpha value is -2.90. The second kappa shape index (κ2) is 12.9. The molecule has 4 aromatic rings. The topological polar surface area (TPSA) is 56.3 Å². The average Bonchev–Trinajstić information content (AvgIpc) is 2.93. The van der Waals surface area contributed by atoms with Gasteiger partial charge in [-0.3, -0.25) is 9.97 Å². The van der Waals surface area contributed by atoms with Gasteiger partial charge in [0.25, 0.3) is 0 Å². The Morgan fingerprint density at radius 2 is 1.03 bits per heavy atom. The molecule has 2 aromatic heterocycles. The Bertz CT molecular complexity index is 1130. The summed E-state index contributed by atoms with van der Waals surface area (Å²) in [4.78, 5) is 14.2. The van der Waals surface area contributed by atoms with Crippen LogP contribution in [0.25, 0.3) is 21.8 Å². The van der Waals surface area contributed by atoms with E-state index in [2.05, 4.69) is 91.1 Å². The third-order valence-electron chi connectivity index (χ3n) is 7.23. The second-order valence-electron chi connectivity index (χ2n) is 9.72. The molecule has 0 saturated carbocycles. The Kier molecular flexibility index (Phi) is 8.86. The molecule has 0 radical (unpaired) electrons. The summed E-state index contributed by atoms with van der Waals surface area (Å²) >= 11 is 0. The van der Waals surface area contributed by atoms with Gasteiger partial charge in [-0.2, -0.15) is 0 Å². The van der Waals surface area contributed by atoms with E-state index in [1.165, 1.54) is 74.0 Å². The van der Waals surface area contributed by atoms with E-state index in [0.717, 1.165) is 37.2 Å². The SMILES string of the molecule is c1ccc2c(CNCCCN3CCN(CCCNCc4ccnc5ccccc45)CC3)ccnc2c1. The molecule has 0 atom stereocenters. The summed E-state index contributed by atoms with van der Waals surface area (Å²) in [5.74, 6) is 0. The summed E-state index contributed by atoms with van der Waals surface area (Å²) in [7, 11) is 0. The summed E-state index contributed by atoms with van der Waals surface area (Å²) in [6, 6.07) is 21.0. The number of para-hydroxylation sites is 2. The smallest absolute Gasteiger partial charge is 0.0705 e. The first-order valence-electron chi connectivity index (χ1n) is 13.4. The van der Waals surface area contributed by atoms with Crippen LogP contribution in [0.2, 0.25) is 0 Å². The molecule has 0 amide bonds. The van der Waals surface area contributed by atoms with Crippen molar-refractivity contribution in [3.8, 4) is 0 Å². The summed E-state index contributed by atoms with van der Waals surface area (Å²) in [5.41, 5.74) is 4.82. The second-order valence-corrected chi connectivity index (χ2v) is 9.72. The standard InChI is InChI=1S/C30H38N6/c1-3-9-29-27(7-1)25(11-15-33-29)23-31-13-5-17-35-19-21-36(22-20-35)18-6-14-32-24-26-12-16-34-30-10-4-2-8-28(26)30/h1-4,7-12,15-16,31-32H,5-6,13-14,17-24H2. The highest BCUT2D eigenvalue weighted by atomic mass is 15.3. The van der Waals surface area contributed by atoms with Crippen LogP contribution in [0.4, 0.5) is 0 Å². The van der Waals surface area contributed by atoms with Gasteiger partial charge in [0.15, 0.2) is 0 Å². The predicted molar refractivity (Wildman–Crippen MR) is 149 cm³/mol. The first-order valence-corrected chi connectivity index (χ1v) is 13.4. The van der Waals surface area contributed by atoms with Crippen molar-refractivity contribution in [1.82, 2.24) is 30.4 Å². The Balaban J connectivity index is 0.924. The number of nitrogens with one attached hydrogen (secondary N) is 2. The van der Waals surface area contributed by atoms with Crippen molar-refractivity contribution in [2.45, 2.75) is 25.9 Å². The molecular weight excluding hydrogens is 444 g/mol. The minimum Gasteiger partial charge on any atom is -0.313 e. The molecule has 6 nitrogen and oxygen atoms in total. The molecule has 0 bridgehead atoms. The van der Waals surface area contributed by atoms with Crippen LogP contribution in [-0.4, -0.2) is 72.1 Å². The molecule has 2 aromatic carbocycles. The van der Waals surface area contributed by atoms with Gasteiger partial charge in [0, 0.05) is 62.4 Å². The highest BCUT2D eigenvalue weighted by molar-refractivity contribution is 5.82. The van der Waals surface area contributed by atoms with Crippen LogP contribution in [0.15, 0.2) is 73.1 Å². The van der Waals surface area contributed by atoms with Gasteiger partial charge in [-0.05, 0) is 74.4 Å². The molecule has 2 N–H and O–H groups in total. The van der Waals surface area contributed by atoms with Crippen molar-refractivity contribution < 1.29 is 0 Å². The number of fused-ring (bicyclic) bond motifs is 2. The quantitative estimate of drug-likeness (QED) is 0.297. The summed E-state index contributed by atoms with van der Waals surface area (Å²) in [6.45, 7) is 11.0. The fourth-order valence-corrected chi connectivity index (χ4v) is 5.16. The molecule has 188 valence electrons. The lowest BCUT2D eigenvalue weighted by Gasteiger charge is -2.34. The predicted octanol–water partition coefficient (Wildman–Crippen LogP) is 4.06. The van der Waals surface area contributed by atoms with Crippen molar-refractivity contribution in [3.05, 3.63) is 84.2 Å². The van der Waals surface area contributed by atoms with Crippen molar-refractivity contribution in [3.63, 3.8) is 0 Å².